The van der Waals surface area contributed by atoms with E-state index in [0.717, 1.165) is 11.8 Å². The summed E-state index contributed by atoms with van der Waals surface area (Å²) < 4.78 is 0. The maximum absolute atomic E-state index is 3.00. The van der Waals surface area contributed by atoms with Crippen molar-refractivity contribution in [3.8, 4) is 0 Å². The molecule has 0 aromatic carbocycles. The van der Waals surface area contributed by atoms with E-state index in [1.165, 1.54) is 19.3 Å². The second-order valence-electron chi connectivity index (χ2n) is 3.24. The summed E-state index contributed by atoms with van der Waals surface area (Å²) in [4.78, 5) is 0. The highest BCUT2D eigenvalue weighted by atomic mass is 14.3. The van der Waals surface area contributed by atoms with Crippen LogP contribution in [0.3, 0.4) is 0 Å². The van der Waals surface area contributed by atoms with Crippen molar-refractivity contribution < 1.29 is 0 Å². The summed E-state index contributed by atoms with van der Waals surface area (Å²) in [6.45, 7) is 14.9. The third kappa shape index (κ3) is 7.64. The van der Waals surface area contributed by atoms with Gasteiger partial charge in [-0.25, -0.2) is 0 Å². The quantitative estimate of drug-likeness (QED) is 0.459. The van der Waals surface area contributed by atoms with Crippen molar-refractivity contribution in [1.29, 1.82) is 0 Å². The second-order valence-corrected chi connectivity index (χ2v) is 3.24. The molecule has 0 amide bonds. The first kappa shape index (κ1) is 13.3. The third-order valence-electron chi connectivity index (χ3n) is 2.05. The molecule has 0 nitrogen and oxygen atoms in total. The molecule has 0 bridgehead atoms. The number of hydrogen-bond donors (Lipinski definition) is 0. The Bertz CT molecular complexity index is 58.4. The molecule has 0 saturated heterocycles. The third-order valence-corrected chi connectivity index (χ3v) is 2.05. The first-order valence-corrected chi connectivity index (χ1v) is 4.72. The summed E-state index contributed by atoms with van der Waals surface area (Å²) in [6.07, 6.45) is 4.20. The molecule has 0 N–H and O–H groups in total. The van der Waals surface area contributed by atoms with E-state index in [2.05, 4.69) is 40.9 Å². The van der Waals surface area contributed by atoms with E-state index in [9.17, 15) is 0 Å². The van der Waals surface area contributed by atoms with Crippen molar-refractivity contribution in [2.75, 3.05) is 0 Å². The Balaban J connectivity index is 0. The lowest BCUT2D eigenvalue weighted by atomic mass is 9.77. The summed E-state index contributed by atoms with van der Waals surface area (Å²) in [7, 11) is 0. The maximum atomic E-state index is 3.00. The molecule has 1 fully saturated rings. The lowest BCUT2D eigenvalue weighted by Gasteiger charge is -2.29. The van der Waals surface area contributed by atoms with Gasteiger partial charge in [0.2, 0.25) is 0 Å². The summed E-state index contributed by atoms with van der Waals surface area (Å²) in [5.74, 6) is 2.06. The predicted octanol–water partition coefficient (Wildman–Crippen LogP) is 4.27. The molecule has 0 spiro atoms. The van der Waals surface area contributed by atoms with Gasteiger partial charge in [-0.15, -0.1) is 13.2 Å². The van der Waals surface area contributed by atoms with Gasteiger partial charge < -0.3 is 0 Å². The van der Waals surface area contributed by atoms with E-state index in [1.807, 2.05) is 0 Å². The lowest BCUT2D eigenvalue weighted by molar-refractivity contribution is 0.219. The molecular formula is C11H24. The Hall–Kier alpha value is -0.260. The van der Waals surface area contributed by atoms with Gasteiger partial charge in [0.05, 0.1) is 0 Å². The minimum absolute atomic E-state index is 1.03. The van der Waals surface area contributed by atoms with Crippen LogP contribution in [0, 0.1) is 11.8 Å². The molecule has 0 radical (unpaired) electrons. The molecule has 11 heavy (non-hydrogen) atoms. The van der Waals surface area contributed by atoms with Gasteiger partial charge in [-0.3, -0.25) is 0 Å². The van der Waals surface area contributed by atoms with Crippen LogP contribution < -0.4 is 0 Å². The van der Waals surface area contributed by atoms with Gasteiger partial charge in [0, 0.05) is 0 Å². The van der Waals surface area contributed by atoms with E-state index in [1.54, 1.807) is 0 Å². The number of hydrogen-bond acceptors (Lipinski definition) is 0. The van der Waals surface area contributed by atoms with Gasteiger partial charge in [0.15, 0.2) is 0 Å². The summed E-state index contributed by atoms with van der Waals surface area (Å²) in [6, 6.07) is 0. The Labute approximate surface area is 72.7 Å². The van der Waals surface area contributed by atoms with E-state index in [-0.39, 0.29) is 0 Å². The fraction of sp³-hybridized carbons (Fsp3) is 0.818. The van der Waals surface area contributed by atoms with Gasteiger partial charge >= 0.3 is 0 Å². The predicted molar refractivity (Wildman–Crippen MR) is 54.8 cm³/mol. The monoisotopic (exact) mass is 156 g/mol. The molecule has 1 aliphatic carbocycles. The summed E-state index contributed by atoms with van der Waals surface area (Å²) in [5.41, 5.74) is 0. The van der Waals surface area contributed by atoms with Crippen LogP contribution in [-0.2, 0) is 0 Å². The standard InChI is InChI=1S/C6H12.C3H8.C2H4/c1-5-3-4-6(5)2;1-3-2;1-2/h5-6H,3-4H2,1-2H3;3H2,1-2H3;1-2H2. The SMILES string of the molecule is C=C.CC1CCC1C.CCC. The fourth-order valence-electron chi connectivity index (χ4n) is 0.833. The molecule has 0 heteroatoms. The lowest BCUT2D eigenvalue weighted by Crippen LogP contribution is -2.18. The highest BCUT2D eigenvalue weighted by molar-refractivity contribution is 4.71. The smallest absolute Gasteiger partial charge is 0.0417 e. The second kappa shape index (κ2) is 9.74. The minimum Gasteiger partial charge on any atom is -0.106 e. The van der Waals surface area contributed by atoms with E-state index >= 15 is 0 Å². The highest BCUT2D eigenvalue weighted by Crippen LogP contribution is 2.32. The zero-order chi connectivity index (χ0) is 9.28. The van der Waals surface area contributed by atoms with Gasteiger partial charge in [-0.2, -0.15) is 0 Å². The largest absolute Gasteiger partial charge is 0.106 e. The van der Waals surface area contributed by atoms with Crippen LogP contribution in [0.2, 0.25) is 0 Å². The minimum atomic E-state index is 1.03. The highest BCUT2D eigenvalue weighted by Gasteiger charge is 2.20. The van der Waals surface area contributed by atoms with Gasteiger partial charge in [-0.05, 0) is 11.8 Å². The molecule has 0 aromatic rings. The van der Waals surface area contributed by atoms with Crippen LogP contribution in [0.5, 0.6) is 0 Å². The average molecular weight is 156 g/mol. The van der Waals surface area contributed by atoms with Crippen molar-refractivity contribution >= 4 is 0 Å². The van der Waals surface area contributed by atoms with Crippen LogP contribution in [0.4, 0.5) is 0 Å². The molecule has 2 atom stereocenters. The molecule has 1 saturated carbocycles. The van der Waals surface area contributed by atoms with Crippen molar-refractivity contribution in [2.45, 2.75) is 47.0 Å². The van der Waals surface area contributed by atoms with Crippen molar-refractivity contribution in [3.05, 3.63) is 13.2 Å². The summed E-state index contributed by atoms with van der Waals surface area (Å²) >= 11 is 0. The van der Waals surface area contributed by atoms with E-state index in [4.69, 9.17) is 0 Å². The van der Waals surface area contributed by atoms with E-state index < -0.39 is 0 Å². The zero-order valence-electron chi connectivity index (χ0n) is 8.69. The maximum Gasteiger partial charge on any atom is -0.0417 e. The van der Waals surface area contributed by atoms with Crippen LogP contribution in [0.25, 0.3) is 0 Å². The Kier molecular flexibility index (Phi) is 11.8. The molecule has 0 aromatic heterocycles. The van der Waals surface area contributed by atoms with Crippen molar-refractivity contribution in [1.82, 2.24) is 0 Å². The average Bonchev–Trinajstić information content (AvgIpc) is 2.06. The molecule has 68 valence electrons. The molecule has 0 aliphatic heterocycles. The Morgan fingerprint density at radius 1 is 1.00 bits per heavy atom. The van der Waals surface area contributed by atoms with Gasteiger partial charge in [0.25, 0.3) is 0 Å². The first-order chi connectivity index (χ1) is 5.22. The van der Waals surface area contributed by atoms with Crippen LogP contribution in [0.15, 0.2) is 13.2 Å². The Morgan fingerprint density at radius 3 is 1.18 bits per heavy atom. The van der Waals surface area contributed by atoms with Gasteiger partial charge in [0.1, 0.15) is 0 Å². The van der Waals surface area contributed by atoms with Crippen molar-refractivity contribution in [2.24, 2.45) is 11.8 Å². The summed E-state index contributed by atoms with van der Waals surface area (Å²) in [5, 5.41) is 0. The van der Waals surface area contributed by atoms with Gasteiger partial charge in [-0.1, -0.05) is 47.0 Å². The van der Waals surface area contributed by atoms with E-state index in [0.29, 0.717) is 0 Å². The number of rotatable bonds is 0. The molecule has 0 heterocycles. The molecular weight excluding hydrogens is 132 g/mol. The first-order valence-electron chi connectivity index (χ1n) is 4.72. The topological polar surface area (TPSA) is 0 Å². The molecule has 1 aliphatic rings. The Morgan fingerprint density at radius 2 is 1.18 bits per heavy atom. The fourth-order valence-corrected chi connectivity index (χ4v) is 0.833. The zero-order valence-corrected chi connectivity index (χ0v) is 8.69. The van der Waals surface area contributed by atoms with Crippen LogP contribution in [0.1, 0.15) is 47.0 Å². The molecule has 2 unspecified atom stereocenters. The molecule has 1 rings (SSSR count). The van der Waals surface area contributed by atoms with Crippen LogP contribution in [-0.4, -0.2) is 0 Å². The van der Waals surface area contributed by atoms with Crippen LogP contribution >= 0.6 is 0 Å². The normalized spacial score (nSPS) is 26.5. The van der Waals surface area contributed by atoms with Crippen molar-refractivity contribution in [3.63, 3.8) is 0 Å².